The van der Waals surface area contributed by atoms with Gasteiger partial charge in [-0.25, -0.2) is 0 Å². The van der Waals surface area contributed by atoms with E-state index < -0.39 is 12.1 Å². The van der Waals surface area contributed by atoms with E-state index in [0.29, 0.717) is 25.9 Å². The van der Waals surface area contributed by atoms with E-state index in [1.165, 1.54) is 257 Å². The molecule has 0 fully saturated rings. The van der Waals surface area contributed by atoms with Crippen molar-refractivity contribution in [2.75, 3.05) is 13.2 Å². The van der Waals surface area contributed by atoms with Crippen molar-refractivity contribution in [3.05, 3.63) is 0 Å². The summed E-state index contributed by atoms with van der Waals surface area (Å²) in [5.41, 5.74) is 0. The summed E-state index contributed by atoms with van der Waals surface area (Å²) in [6.45, 7) is 4.95. The van der Waals surface area contributed by atoms with Crippen LogP contribution < -0.4 is 5.32 Å². The van der Waals surface area contributed by atoms with E-state index >= 15 is 0 Å². The molecule has 0 heterocycles. The second-order valence-electron chi connectivity index (χ2n) is 20.0. The number of carbonyl (C=O) groups is 2. The van der Waals surface area contributed by atoms with Crippen LogP contribution in [0.5, 0.6) is 0 Å². The first-order chi connectivity index (χ1) is 31.0. The minimum atomic E-state index is -0.660. The molecule has 0 aliphatic rings. The van der Waals surface area contributed by atoms with Crippen molar-refractivity contribution >= 4 is 11.9 Å². The molecule has 2 atom stereocenters. The smallest absolute Gasteiger partial charge is 0.305 e. The Morgan fingerprint density at radius 2 is 0.651 bits per heavy atom. The number of aliphatic hydroxyl groups excluding tert-OH is 2. The fourth-order valence-electron chi connectivity index (χ4n) is 9.23. The number of hydrogen-bond acceptors (Lipinski definition) is 5. The summed E-state index contributed by atoms with van der Waals surface area (Å²) in [7, 11) is 0. The zero-order valence-corrected chi connectivity index (χ0v) is 42.8. The van der Waals surface area contributed by atoms with Crippen molar-refractivity contribution < 1.29 is 24.5 Å². The van der Waals surface area contributed by atoms with Gasteiger partial charge in [0.05, 0.1) is 25.4 Å². The highest BCUT2D eigenvalue weighted by molar-refractivity contribution is 5.76. The Balaban J connectivity index is 3.32. The van der Waals surface area contributed by atoms with Gasteiger partial charge in [0.2, 0.25) is 5.91 Å². The number of carbonyl (C=O) groups excluding carboxylic acids is 2. The molecule has 0 aromatic carbocycles. The maximum atomic E-state index is 12.4. The van der Waals surface area contributed by atoms with Gasteiger partial charge in [-0.05, 0) is 25.7 Å². The van der Waals surface area contributed by atoms with E-state index in [2.05, 4.69) is 19.2 Å². The van der Waals surface area contributed by atoms with Crippen molar-refractivity contribution in [3.63, 3.8) is 0 Å². The van der Waals surface area contributed by atoms with Crippen molar-refractivity contribution in [1.82, 2.24) is 5.32 Å². The minimum absolute atomic E-state index is 0.0167. The largest absolute Gasteiger partial charge is 0.466 e. The summed E-state index contributed by atoms with van der Waals surface area (Å²) in [4.78, 5) is 24.4. The maximum absolute atomic E-state index is 12.4. The monoisotopic (exact) mass is 892 g/mol. The SMILES string of the molecule is CCCCCCCCCCCCCCCCCC(=O)OCCCCCCCCCCCCCCCCCCCCCCCCC(=O)NC(CO)C(O)CCCCCCCCCCC. The third-order valence-electron chi connectivity index (χ3n) is 13.7. The van der Waals surface area contributed by atoms with Gasteiger partial charge in [-0.3, -0.25) is 9.59 Å². The molecule has 0 radical (unpaired) electrons. The zero-order chi connectivity index (χ0) is 45.8. The van der Waals surface area contributed by atoms with Gasteiger partial charge in [0.15, 0.2) is 0 Å². The second kappa shape index (κ2) is 53.5. The number of amides is 1. The van der Waals surface area contributed by atoms with Crippen molar-refractivity contribution in [2.45, 2.75) is 341 Å². The lowest BCUT2D eigenvalue weighted by atomic mass is 10.0. The lowest BCUT2D eigenvalue weighted by Crippen LogP contribution is -2.45. The van der Waals surface area contributed by atoms with Gasteiger partial charge < -0.3 is 20.3 Å². The Bertz CT molecular complexity index is 898. The van der Waals surface area contributed by atoms with Crippen molar-refractivity contribution in [3.8, 4) is 0 Å². The topological polar surface area (TPSA) is 95.9 Å². The molecule has 0 aromatic heterocycles. The molecule has 0 aliphatic heterocycles. The molecule has 6 nitrogen and oxygen atoms in total. The third-order valence-corrected chi connectivity index (χ3v) is 13.7. The molecular weight excluding hydrogens is 779 g/mol. The summed E-state index contributed by atoms with van der Waals surface area (Å²) in [5, 5.41) is 23.1. The first-order valence-electron chi connectivity index (χ1n) is 28.8. The first-order valence-corrected chi connectivity index (χ1v) is 28.8. The molecule has 2 unspecified atom stereocenters. The quantitative estimate of drug-likeness (QED) is 0.0418. The normalized spacial score (nSPS) is 12.5. The molecule has 0 aromatic rings. The summed E-state index contributed by atoms with van der Waals surface area (Å²) in [5.74, 6) is -0.0193. The van der Waals surface area contributed by atoms with Gasteiger partial charge >= 0.3 is 5.97 Å². The van der Waals surface area contributed by atoms with Gasteiger partial charge in [0.25, 0.3) is 0 Å². The van der Waals surface area contributed by atoms with Crippen LogP contribution in [0.4, 0.5) is 0 Å². The highest BCUT2D eigenvalue weighted by atomic mass is 16.5. The van der Waals surface area contributed by atoms with Crippen LogP contribution in [0.15, 0.2) is 0 Å². The Hall–Kier alpha value is -1.14. The number of esters is 1. The van der Waals surface area contributed by atoms with Crippen molar-refractivity contribution in [1.29, 1.82) is 0 Å². The molecule has 376 valence electrons. The third kappa shape index (κ3) is 50.1. The molecule has 63 heavy (non-hydrogen) atoms. The molecule has 0 bridgehead atoms. The average molecular weight is 893 g/mol. The van der Waals surface area contributed by atoms with Crippen LogP contribution in [0.3, 0.4) is 0 Å². The highest BCUT2D eigenvalue weighted by Gasteiger charge is 2.20. The van der Waals surface area contributed by atoms with Gasteiger partial charge in [0.1, 0.15) is 0 Å². The number of hydrogen-bond donors (Lipinski definition) is 3. The lowest BCUT2D eigenvalue weighted by Gasteiger charge is -2.22. The maximum Gasteiger partial charge on any atom is 0.305 e. The molecule has 0 saturated carbocycles. The van der Waals surface area contributed by atoms with Crippen LogP contribution in [-0.4, -0.2) is 47.4 Å². The van der Waals surface area contributed by atoms with Crippen LogP contribution in [0.2, 0.25) is 0 Å². The summed E-state index contributed by atoms with van der Waals surface area (Å²) in [6, 6.07) is -0.538. The van der Waals surface area contributed by atoms with E-state index in [0.717, 1.165) is 38.5 Å². The zero-order valence-electron chi connectivity index (χ0n) is 42.8. The summed E-state index contributed by atoms with van der Waals surface area (Å²) in [6.07, 6.45) is 61.1. The number of unbranched alkanes of at least 4 members (excludes halogenated alkanes) is 43. The number of nitrogens with one attached hydrogen (secondary N) is 1. The van der Waals surface area contributed by atoms with Crippen LogP contribution >= 0.6 is 0 Å². The van der Waals surface area contributed by atoms with Gasteiger partial charge in [0, 0.05) is 12.8 Å². The van der Waals surface area contributed by atoms with Crippen LogP contribution in [-0.2, 0) is 14.3 Å². The molecule has 6 heteroatoms. The second-order valence-corrected chi connectivity index (χ2v) is 20.0. The number of aliphatic hydroxyl groups is 2. The molecule has 1 amide bonds. The highest BCUT2D eigenvalue weighted by Crippen LogP contribution is 2.18. The van der Waals surface area contributed by atoms with Crippen molar-refractivity contribution in [2.24, 2.45) is 0 Å². The molecule has 0 spiro atoms. The molecule has 0 rings (SSSR count). The number of rotatable bonds is 54. The summed E-state index contributed by atoms with van der Waals surface area (Å²) < 4.78 is 5.49. The van der Waals surface area contributed by atoms with E-state index in [-0.39, 0.29) is 18.5 Å². The predicted octanol–water partition coefficient (Wildman–Crippen LogP) is 17.5. The van der Waals surface area contributed by atoms with Crippen LogP contribution in [0.25, 0.3) is 0 Å². The Kier molecular flexibility index (Phi) is 52.5. The predicted molar refractivity (Wildman–Crippen MR) is 274 cm³/mol. The van der Waals surface area contributed by atoms with Gasteiger partial charge in [-0.15, -0.1) is 0 Å². The molecule has 0 saturated heterocycles. The molecular formula is C57H113NO5. The van der Waals surface area contributed by atoms with E-state index in [1.807, 2.05) is 0 Å². The minimum Gasteiger partial charge on any atom is -0.466 e. The Morgan fingerprint density at radius 1 is 0.381 bits per heavy atom. The Labute approximate surface area is 394 Å². The molecule has 3 N–H and O–H groups in total. The van der Waals surface area contributed by atoms with E-state index in [4.69, 9.17) is 4.74 Å². The van der Waals surface area contributed by atoms with Crippen LogP contribution in [0, 0.1) is 0 Å². The fraction of sp³-hybridized carbons (Fsp3) is 0.965. The van der Waals surface area contributed by atoms with Gasteiger partial charge in [-0.2, -0.15) is 0 Å². The lowest BCUT2D eigenvalue weighted by molar-refractivity contribution is -0.143. The fourth-order valence-corrected chi connectivity index (χ4v) is 9.23. The summed E-state index contributed by atoms with van der Waals surface area (Å²) >= 11 is 0. The number of ether oxygens (including phenoxy) is 1. The average Bonchev–Trinajstić information content (AvgIpc) is 3.28. The standard InChI is InChI=1S/C57H113NO5/c1-3-5-7-9-11-13-14-15-24-28-31-35-39-43-47-51-57(62)63-52-48-44-40-36-32-29-26-23-21-19-17-16-18-20-22-25-27-30-34-38-42-46-50-56(61)58-54(53-59)55(60)49-45-41-37-33-12-10-8-6-4-2/h54-55,59-60H,3-53H2,1-2H3,(H,58,61). The van der Waals surface area contributed by atoms with Crippen LogP contribution in [0.1, 0.15) is 328 Å². The van der Waals surface area contributed by atoms with E-state index in [1.54, 1.807) is 0 Å². The van der Waals surface area contributed by atoms with E-state index in [9.17, 15) is 19.8 Å². The first kappa shape index (κ1) is 61.9. The van der Waals surface area contributed by atoms with Gasteiger partial charge in [-0.1, -0.05) is 290 Å². The molecule has 0 aliphatic carbocycles. The Morgan fingerprint density at radius 3 is 0.968 bits per heavy atom.